The maximum absolute atomic E-state index is 12.5. The zero-order valence-electron chi connectivity index (χ0n) is 12.2. The van der Waals surface area contributed by atoms with Crippen LogP contribution in [-0.4, -0.2) is 16.8 Å². The summed E-state index contributed by atoms with van der Waals surface area (Å²) >= 11 is 3.32. The molecule has 0 saturated heterocycles. The average molecular weight is 361 g/mol. The minimum Gasteiger partial charge on any atom is -0.307 e. The fraction of sp³-hybridized carbons (Fsp3) is 0.176. The summed E-state index contributed by atoms with van der Waals surface area (Å²) in [4.78, 5) is 25.8. The van der Waals surface area contributed by atoms with Crippen LogP contribution in [-0.2, 0) is 4.79 Å². The quantitative estimate of drug-likeness (QED) is 0.820. The first-order valence-electron chi connectivity index (χ1n) is 7.02. The van der Waals surface area contributed by atoms with Gasteiger partial charge in [-0.2, -0.15) is 0 Å². The lowest BCUT2D eigenvalue weighted by Gasteiger charge is -2.23. The molecule has 0 radical (unpaired) electrons. The van der Waals surface area contributed by atoms with Crippen LogP contribution >= 0.6 is 15.9 Å². The van der Waals surface area contributed by atoms with E-state index < -0.39 is 10.9 Å². The second-order valence-corrected chi connectivity index (χ2v) is 5.79. The number of urea groups is 1. The van der Waals surface area contributed by atoms with Crippen molar-refractivity contribution in [1.82, 2.24) is 0 Å². The van der Waals surface area contributed by atoms with E-state index in [0.717, 1.165) is 4.90 Å². The maximum Gasteiger partial charge on any atom is 0.333 e. The van der Waals surface area contributed by atoms with Gasteiger partial charge in [0.15, 0.2) is 0 Å². The number of benzene rings is 2. The van der Waals surface area contributed by atoms with Crippen molar-refractivity contribution in [3.63, 3.8) is 0 Å². The lowest BCUT2D eigenvalue weighted by molar-refractivity contribution is -0.117. The lowest BCUT2D eigenvalue weighted by Crippen LogP contribution is -2.43. The summed E-state index contributed by atoms with van der Waals surface area (Å²) in [6.45, 7) is 1.88. The topological polar surface area (TPSA) is 49.4 Å². The molecule has 1 N–H and O–H groups in total. The number of hydrogen-bond acceptors (Lipinski definition) is 2. The van der Waals surface area contributed by atoms with Crippen molar-refractivity contribution in [1.29, 1.82) is 0 Å². The Hall–Kier alpha value is -2.14. The van der Waals surface area contributed by atoms with Gasteiger partial charge in [0.2, 0.25) is 5.91 Å². The number of hydrogen-bond donors (Lipinski definition) is 1. The summed E-state index contributed by atoms with van der Waals surface area (Å²) in [6, 6.07) is 17.5. The number of imide groups is 1. The molecule has 1 atom stereocenters. The molecule has 4 nitrogen and oxygen atoms in total. The minimum atomic E-state index is -0.472. The summed E-state index contributed by atoms with van der Waals surface area (Å²) in [7, 11) is 0. The van der Waals surface area contributed by atoms with Crippen LogP contribution in [0.2, 0.25) is 0 Å². The Kier molecular flexibility index (Phi) is 5.72. The standard InChI is InChI=1S/C17H17BrN2O2/c1-2-15(18)16(21)20(14-11-7-4-8-12-14)17(22)19-13-9-5-3-6-10-13/h3-12,15H,2H2,1H3,(H,19,22). The number of amides is 3. The molecule has 22 heavy (non-hydrogen) atoms. The summed E-state index contributed by atoms with van der Waals surface area (Å²) in [6.07, 6.45) is 0.598. The van der Waals surface area contributed by atoms with E-state index in [0.29, 0.717) is 17.8 Å². The van der Waals surface area contributed by atoms with Crippen LogP contribution in [0.1, 0.15) is 13.3 Å². The highest BCUT2D eigenvalue weighted by Gasteiger charge is 2.27. The van der Waals surface area contributed by atoms with Gasteiger partial charge in [0, 0.05) is 5.69 Å². The molecule has 0 saturated carbocycles. The van der Waals surface area contributed by atoms with E-state index in [1.165, 1.54) is 0 Å². The highest BCUT2D eigenvalue weighted by molar-refractivity contribution is 9.10. The van der Waals surface area contributed by atoms with E-state index in [2.05, 4.69) is 21.2 Å². The Morgan fingerprint density at radius 3 is 2.14 bits per heavy atom. The molecule has 0 aliphatic heterocycles. The molecular weight excluding hydrogens is 344 g/mol. The van der Waals surface area contributed by atoms with Gasteiger partial charge < -0.3 is 5.32 Å². The number of carbonyl (C=O) groups excluding carboxylic acids is 2. The third-order valence-electron chi connectivity index (χ3n) is 3.09. The molecule has 0 aromatic heterocycles. The highest BCUT2D eigenvalue weighted by Crippen LogP contribution is 2.20. The number of rotatable bonds is 4. The summed E-state index contributed by atoms with van der Waals surface area (Å²) in [5.41, 5.74) is 1.18. The molecule has 2 rings (SSSR count). The molecule has 114 valence electrons. The van der Waals surface area contributed by atoms with Crippen LogP contribution in [0.25, 0.3) is 0 Å². The Balaban J connectivity index is 2.28. The van der Waals surface area contributed by atoms with Crippen molar-refractivity contribution < 1.29 is 9.59 Å². The van der Waals surface area contributed by atoms with E-state index in [4.69, 9.17) is 0 Å². The van der Waals surface area contributed by atoms with Gasteiger partial charge in [-0.05, 0) is 30.7 Å². The van der Waals surface area contributed by atoms with Crippen LogP contribution in [0.5, 0.6) is 0 Å². The first-order chi connectivity index (χ1) is 10.6. The minimum absolute atomic E-state index is 0.290. The van der Waals surface area contributed by atoms with Crippen LogP contribution < -0.4 is 10.2 Å². The molecule has 0 aliphatic carbocycles. The summed E-state index contributed by atoms with van der Waals surface area (Å²) in [5, 5.41) is 2.75. The molecule has 0 fully saturated rings. The molecule has 0 spiro atoms. The van der Waals surface area contributed by atoms with Crippen molar-refractivity contribution in [2.45, 2.75) is 18.2 Å². The summed E-state index contributed by atoms with van der Waals surface area (Å²) in [5.74, 6) is -0.290. The van der Waals surface area contributed by atoms with Gasteiger partial charge in [0.05, 0.1) is 10.5 Å². The van der Waals surface area contributed by atoms with Crippen molar-refractivity contribution in [2.75, 3.05) is 10.2 Å². The molecule has 2 aromatic rings. The van der Waals surface area contributed by atoms with Gasteiger partial charge in [-0.25, -0.2) is 9.69 Å². The number of nitrogens with one attached hydrogen (secondary N) is 1. The Labute approximate surface area is 138 Å². The Bertz CT molecular complexity index is 632. The second kappa shape index (κ2) is 7.75. The van der Waals surface area contributed by atoms with Crippen molar-refractivity contribution in [2.24, 2.45) is 0 Å². The molecular formula is C17H17BrN2O2. The largest absolute Gasteiger partial charge is 0.333 e. The average Bonchev–Trinajstić information content (AvgIpc) is 2.56. The van der Waals surface area contributed by atoms with Crippen LogP contribution in [0, 0.1) is 0 Å². The number of carbonyl (C=O) groups is 2. The highest BCUT2D eigenvalue weighted by atomic mass is 79.9. The van der Waals surface area contributed by atoms with Crippen LogP contribution in [0.3, 0.4) is 0 Å². The maximum atomic E-state index is 12.5. The van der Waals surface area contributed by atoms with Gasteiger partial charge in [0.25, 0.3) is 0 Å². The van der Waals surface area contributed by atoms with E-state index in [-0.39, 0.29) is 5.91 Å². The molecule has 3 amide bonds. The third-order valence-corrected chi connectivity index (χ3v) is 4.13. The SMILES string of the molecule is CCC(Br)C(=O)N(C(=O)Nc1ccccc1)c1ccccc1. The first-order valence-corrected chi connectivity index (χ1v) is 7.94. The number of halogens is 1. The van der Waals surface area contributed by atoms with Crippen molar-refractivity contribution >= 4 is 39.2 Å². The van der Waals surface area contributed by atoms with Gasteiger partial charge in [-0.3, -0.25) is 4.79 Å². The van der Waals surface area contributed by atoms with E-state index >= 15 is 0 Å². The lowest BCUT2D eigenvalue weighted by atomic mass is 10.2. The monoisotopic (exact) mass is 360 g/mol. The second-order valence-electron chi connectivity index (χ2n) is 4.68. The smallest absolute Gasteiger partial charge is 0.307 e. The van der Waals surface area contributed by atoms with Gasteiger partial charge in [-0.1, -0.05) is 59.3 Å². The fourth-order valence-electron chi connectivity index (χ4n) is 1.94. The molecule has 0 aliphatic rings. The fourth-order valence-corrected chi connectivity index (χ4v) is 2.14. The predicted molar refractivity (Wildman–Crippen MR) is 92.4 cm³/mol. The van der Waals surface area contributed by atoms with E-state index in [1.807, 2.05) is 31.2 Å². The molecule has 5 heteroatoms. The van der Waals surface area contributed by atoms with Crippen molar-refractivity contribution in [3.05, 3.63) is 60.7 Å². The molecule has 0 heterocycles. The van der Waals surface area contributed by atoms with E-state index in [1.54, 1.807) is 36.4 Å². The molecule has 0 bridgehead atoms. The molecule has 1 unspecified atom stereocenters. The third kappa shape index (κ3) is 3.95. The Morgan fingerprint density at radius 2 is 1.59 bits per heavy atom. The van der Waals surface area contributed by atoms with Gasteiger partial charge in [-0.15, -0.1) is 0 Å². The molecule has 2 aromatic carbocycles. The number of para-hydroxylation sites is 2. The summed E-state index contributed by atoms with van der Waals surface area (Å²) < 4.78 is 0. The van der Waals surface area contributed by atoms with Gasteiger partial charge >= 0.3 is 6.03 Å². The van der Waals surface area contributed by atoms with Crippen LogP contribution in [0.4, 0.5) is 16.2 Å². The number of alkyl halides is 1. The van der Waals surface area contributed by atoms with Crippen molar-refractivity contribution in [3.8, 4) is 0 Å². The number of anilines is 2. The van der Waals surface area contributed by atoms with E-state index in [9.17, 15) is 9.59 Å². The number of nitrogens with zero attached hydrogens (tertiary/aromatic N) is 1. The zero-order valence-corrected chi connectivity index (χ0v) is 13.8. The van der Waals surface area contributed by atoms with Gasteiger partial charge in [0.1, 0.15) is 0 Å². The normalized spacial score (nSPS) is 11.5. The predicted octanol–water partition coefficient (Wildman–Crippen LogP) is 4.43. The van der Waals surface area contributed by atoms with Crippen LogP contribution in [0.15, 0.2) is 60.7 Å². The Morgan fingerprint density at radius 1 is 1.05 bits per heavy atom. The zero-order chi connectivity index (χ0) is 15.9. The first kappa shape index (κ1) is 16.2.